The third-order valence-corrected chi connectivity index (χ3v) is 5.71. The van der Waals surface area contributed by atoms with Crippen LogP contribution in [0.4, 0.5) is 0 Å². The third-order valence-electron chi connectivity index (χ3n) is 5.71. The second-order valence-electron chi connectivity index (χ2n) is 6.69. The van der Waals surface area contributed by atoms with Crippen LogP contribution < -0.4 is 0 Å². The van der Waals surface area contributed by atoms with E-state index in [0.717, 1.165) is 23.3 Å². The fourth-order valence-electron chi connectivity index (χ4n) is 3.88. The van der Waals surface area contributed by atoms with E-state index in [-0.39, 0.29) is 23.3 Å². The molecule has 4 unspecified atom stereocenters. The molecule has 0 bridgehead atoms. The fraction of sp³-hybridized carbons (Fsp3) is 0.588. The summed E-state index contributed by atoms with van der Waals surface area (Å²) in [4.78, 5) is 13.9. The number of hydrogen-bond donors (Lipinski definition) is 1. The van der Waals surface area contributed by atoms with E-state index in [1.165, 1.54) is 5.57 Å². The number of allylic oxidation sites excluding steroid dienone is 3. The first-order valence-electron chi connectivity index (χ1n) is 7.44. The van der Waals surface area contributed by atoms with E-state index >= 15 is 0 Å². The number of carbonyl (C=O) groups is 1. The first-order chi connectivity index (χ1) is 9.81. The van der Waals surface area contributed by atoms with Gasteiger partial charge in [0.15, 0.2) is 0 Å². The van der Waals surface area contributed by atoms with E-state index in [2.05, 4.69) is 19.9 Å². The van der Waals surface area contributed by atoms with Crippen LogP contribution in [0.1, 0.15) is 27.2 Å². The molecule has 3 aliphatic rings. The van der Waals surface area contributed by atoms with Crippen molar-refractivity contribution in [2.45, 2.75) is 39.4 Å². The summed E-state index contributed by atoms with van der Waals surface area (Å²) in [7, 11) is 3.44. The highest BCUT2D eigenvalue weighted by molar-refractivity contribution is 6.00. The van der Waals surface area contributed by atoms with Gasteiger partial charge in [-0.1, -0.05) is 13.8 Å². The van der Waals surface area contributed by atoms with Crippen molar-refractivity contribution in [1.82, 2.24) is 4.90 Å². The smallest absolute Gasteiger partial charge is 0.254 e. The molecule has 1 aliphatic heterocycles. The molecular formula is C17H23NO3. The number of rotatable bonds is 1. The number of fused-ring (bicyclic) bond motifs is 2. The Morgan fingerprint density at radius 1 is 1.48 bits per heavy atom. The third kappa shape index (κ3) is 1.79. The van der Waals surface area contributed by atoms with Crippen molar-refractivity contribution in [3.63, 3.8) is 0 Å². The Balaban J connectivity index is 2.16. The molecule has 0 saturated heterocycles. The number of amides is 1. The molecule has 1 N–H and O–H groups in total. The maximum Gasteiger partial charge on any atom is 0.254 e. The summed E-state index contributed by atoms with van der Waals surface area (Å²) < 4.78 is 5.40. The SMILES string of the molecule is COC1C=C2C=C3C(=C(C)C(=O)N3C)CC2(C)C(C)C1O. The fourth-order valence-corrected chi connectivity index (χ4v) is 3.88. The molecule has 4 heteroatoms. The van der Waals surface area contributed by atoms with E-state index in [9.17, 15) is 9.90 Å². The number of aliphatic hydroxyl groups is 1. The van der Waals surface area contributed by atoms with Crippen molar-refractivity contribution in [1.29, 1.82) is 0 Å². The first-order valence-corrected chi connectivity index (χ1v) is 7.44. The molecule has 4 atom stereocenters. The summed E-state index contributed by atoms with van der Waals surface area (Å²) in [5, 5.41) is 10.5. The number of hydrogen-bond acceptors (Lipinski definition) is 3. The van der Waals surface area contributed by atoms with Crippen LogP contribution in [0.2, 0.25) is 0 Å². The van der Waals surface area contributed by atoms with Gasteiger partial charge in [0.05, 0.1) is 6.10 Å². The Hall–Kier alpha value is -1.39. The second kappa shape index (κ2) is 4.55. The van der Waals surface area contributed by atoms with Crippen molar-refractivity contribution in [2.24, 2.45) is 11.3 Å². The lowest BCUT2D eigenvalue weighted by atomic mass is 9.60. The average Bonchev–Trinajstić information content (AvgIpc) is 2.67. The molecule has 0 aromatic carbocycles. The molecule has 0 aromatic heterocycles. The van der Waals surface area contributed by atoms with Crippen LogP contribution in [0.25, 0.3) is 0 Å². The Morgan fingerprint density at radius 3 is 2.76 bits per heavy atom. The van der Waals surface area contributed by atoms with E-state index in [1.807, 2.05) is 20.0 Å². The molecule has 0 spiro atoms. The molecule has 0 radical (unpaired) electrons. The summed E-state index contributed by atoms with van der Waals surface area (Å²) in [5.41, 5.74) is 3.97. The normalized spacial score (nSPS) is 39.0. The molecule has 114 valence electrons. The minimum absolute atomic E-state index is 0.0709. The maximum absolute atomic E-state index is 12.2. The van der Waals surface area contributed by atoms with Crippen molar-refractivity contribution in [2.75, 3.05) is 14.2 Å². The van der Waals surface area contributed by atoms with Gasteiger partial charge in [-0.3, -0.25) is 4.79 Å². The Bertz CT molecular complexity index is 601. The monoisotopic (exact) mass is 289 g/mol. The predicted molar refractivity (Wildman–Crippen MR) is 80.3 cm³/mol. The van der Waals surface area contributed by atoms with Gasteiger partial charge in [-0.05, 0) is 42.6 Å². The Labute approximate surface area is 125 Å². The zero-order valence-electron chi connectivity index (χ0n) is 13.3. The summed E-state index contributed by atoms with van der Waals surface area (Å²) in [5.74, 6) is 0.150. The number of ether oxygens (including phenoxy) is 1. The van der Waals surface area contributed by atoms with Crippen molar-refractivity contribution in [3.05, 3.63) is 34.6 Å². The molecule has 2 aliphatic carbocycles. The summed E-state index contributed by atoms with van der Waals surface area (Å²) in [6.45, 7) is 6.14. The highest BCUT2D eigenvalue weighted by Crippen LogP contribution is 2.53. The lowest BCUT2D eigenvalue weighted by Crippen LogP contribution is -2.47. The molecule has 0 saturated carbocycles. The minimum atomic E-state index is -0.519. The van der Waals surface area contributed by atoms with Crippen molar-refractivity contribution >= 4 is 5.91 Å². The van der Waals surface area contributed by atoms with Gasteiger partial charge in [-0.25, -0.2) is 0 Å². The van der Waals surface area contributed by atoms with Crippen LogP contribution in [0.15, 0.2) is 34.6 Å². The van der Waals surface area contributed by atoms with Gasteiger partial charge >= 0.3 is 0 Å². The van der Waals surface area contributed by atoms with E-state index < -0.39 is 6.10 Å². The molecule has 1 amide bonds. The molecule has 4 nitrogen and oxygen atoms in total. The quantitative estimate of drug-likeness (QED) is 0.803. The van der Waals surface area contributed by atoms with Crippen LogP contribution in [-0.4, -0.2) is 42.3 Å². The molecule has 1 heterocycles. The molecular weight excluding hydrogens is 266 g/mol. The van der Waals surface area contributed by atoms with Gasteiger partial charge in [0.1, 0.15) is 6.10 Å². The predicted octanol–water partition coefficient (Wildman–Crippen LogP) is 2.02. The standard InChI is InChI=1S/C17H23NO3/c1-9-12-8-17(3)10(2)15(19)14(21-5)7-11(17)6-13(12)18(4)16(9)20/h6-7,10,14-15,19H,8H2,1-5H3. The lowest BCUT2D eigenvalue weighted by Gasteiger charge is -2.47. The van der Waals surface area contributed by atoms with Crippen LogP contribution in [-0.2, 0) is 9.53 Å². The van der Waals surface area contributed by atoms with Crippen LogP contribution in [0.5, 0.6) is 0 Å². The van der Waals surface area contributed by atoms with Crippen molar-refractivity contribution < 1.29 is 14.6 Å². The molecule has 0 aromatic rings. The zero-order valence-corrected chi connectivity index (χ0v) is 13.3. The van der Waals surface area contributed by atoms with Crippen LogP contribution in [0.3, 0.4) is 0 Å². The number of nitrogens with zero attached hydrogens (tertiary/aromatic N) is 1. The van der Waals surface area contributed by atoms with Crippen LogP contribution in [0, 0.1) is 11.3 Å². The second-order valence-corrected chi connectivity index (χ2v) is 6.69. The van der Waals surface area contributed by atoms with Gasteiger partial charge in [0.25, 0.3) is 5.91 Å². The van der Waals surface area contributed by atoms with Gasteiger partial charge < -0.3 is 14.7 Å². The number of carbonyl (C=O) groups excluding carboxylic acids is 1. The molecule has 3 rings (SSSR count). The number of aliphatic hydroxyl groups excluding tert-OH is 1. The minimum Gasteiger partial charge on any atom is -0.390 e. The Kier molecular flexibility index (Phi) is 3.15. The zero-order chi connectivity index (χ0) is 15.5. The number of likely N-dealkylation sites (N-methyl/N-ethyl adjacent to an activating group) is 1. The summed E-state index contributed by atoms with van der Waals surface area (Å²) in [6, 6.07) is 0. The Morgan fingerprint density at radius 2 is 2.14 bits per heavy atom. The van der Waals surface area contributed by atoms with Crippen molar-refractivity contribution in [3.8, 4) is 0 Å². The van der Waals surface area contributed by atoms with Gasteiger partial charge in [-0.2, -0.15) is 0 Å². The summed E-state index contributed by atoms with van der Waals surface area (Å²) in [6.07, 6.45) is 4.10. The molecule has 0 fully saturated rings. The largest absolute Gasteiger partial charge is 0.390 e. The average molecular weight is 289 g/mol. The highest BCUT2D eigenvalue weighted by atomic mass is 16.5. The van der Waals surface area contributed by atoms with E-state index in [0.29, 0.717) is 0 Å². The topological polar surface area (TPSA) is 49.8 Å². The van der Waals surface area contributed by atoms with Gasteiger partial charge in [0, 0.05) is 30.8 Å². The first kappa shape index (κ1) is 14.5. The number of methoxy groups -OCH3 is 1. The van der Waals surface area contributed by atoms with Crippen LogP contribution >= 0.6 is 0 Å². The maximum atomic E-state index is 12.2. The van der Waals surface area contributed by atoms with E-state index in [4.69, 9.17) is 4.74 Å². The molecule has 21 heavy (non-hydrogen) atoms. The highest BCUT2D eigenvalue weighted by Gasteiger charge is 2.49. The van der Waals surface area contributed by atoms with Gasteiger partial charge in [-0.15, -0.1) is 0 Å². The van der Waals surface area contributed by atoms with E-state index in [1.54, 1.807) is 12.0 Å². The summed E-state index contributed by atoms with van der Waals surface area (Å²) >= 11 is 0. The van der Waals surface area contributed by atoms with Gasteiger partial charge in [0.2, 0.25) is 0 Å². The lowest BCUT2D eigenvalue weighted by molar-refractivity contribution is -0.123.